The molecule has 1 unspecified atom stereocenters. The summed E-state index contributed by atoms with van der Waals surface area (Å²) in [5.41, 5.74) is 1.14. The number of hydrogen-bond donors (Lipinski definition) is 2. The average molecular weight is 549 g/mol. The Labute approximate surface area is 205 Å². The molecule has 1 heterocycles. The van der Waals surface area contributed by atoms with E-state index in [2.05, 4.69) is 39.6 Å². The van der Waals surface area contributed by atoms with E-state index in [1.807, 2.05) is 27.0 Å². The van der Waals surface area contributed by atoms with Crippen LogP contribution in [0.5, 0.6) is 11.5 Å². The van der Waals surface area contributed by atoms with Gasteiger partial charge in [-0.15, -0.1) is 24.0 Å². The number of methoxy groups -OCH3 is 1. The lowest BCUT2D eigenvalue weighted by Crippen LogP contribution is -2.43. The first-order chi connectivity index (χ1) is 14.6. The number of guanidine groups is 1. The van der Waals surface area contributed by atoms with Crippen LogP contribution in [0.1, 0.15) is 45.2 Å². The molecule has 178 valence electrons. The second kappa shape index (κ2) is 15.5. The molecule has 8 heteroatoms. The summed E-state index contributed by atoms with van der Waals surface area (Å²) < 4.78 is 16.6. The number of hydrogen-bond acceptors (Lipinski definition) is 5. The lowest BCUT2D eigenvalue weighted by Gasteiger charge is -2.32. The summed E-state index contributed by atoms with van der Waals surface area (Å²) in [6.45, 7) is 12.4. The molecule has 1 aliphatic rings. The number of nitrogens with zero attached hydrogens (tertiary/aromatic N) is 2. The Morgan fingerprint density at radius 3 is 2.45 bits per heavy atom. The topological polar surface area (TPSA) is 67.4 Å². The zero-order valence-electron chi connectivity index (χ0n) is 19.8. The van der Waals surface area contributed by atoms with Crippen molar-refractivity contribution in [1.29, 1.82) is 0 Å². The van der Waals surface area contributed by atoms with Crippen molar-refractivity contribution < 1.29 is 14.2 Å². The summed E-state index contributed by atoms with van der Waals surface area (Å²) in [6.07, 6.45) is 2.42. The number of likely N-dealkylation sites (tertiary alicyclic amines) is 1. The third kappa shape index (κ3) is 9.41. The Balaban J connectivity index is 0.00000480. The predicted molar refractivity (Wildman–Crippen MR) is 138 cm³/mol. The third-order valence-corrected chi connectivity index (χ3v) is 5.52. The molecule has 2 rings (SSSR count). The molecular weight excluding hydrogens is 507 g/mol. The quantitative estimate of drug-likeness (QED) is 0.250. The Kier molecular flexibility index (Phi) is 13.9. The van der Waals surface area contributed by atoms with E-state index in [1.165, 1.54) is 12.8 Å². The van der Waals surface area contributed by atoms with Gasteiger partial charge < -0.3 is 29.7 Å². The fourth-order valence-corrected chi connectivity index (χ4v) is 3.70. The van der Waals surface area contributed by atoms with E-state index in [4.69, 9.17) is 14.2 Å². The van der Waals surface area contributed by atoms with Gasteiger partial charge in [0.05, 0.1) is 25.9 Å². The molecule has 1 aromatic carbocycles. The van der Waals surface area contributed by atoms with Crippen LogP contribution in [0, 0.1) is 5.92 Å². The highest BCUT2D eigenvalue weighted by molar-refractivity contribution is 14.0. The highest BCUT2D eigenvalue weighted by Gasteiger charge is 2.19. The summed E-state index contributed by atoms with van der Waals surface area (Å²) >= 11 is 0. The Bertz CT molecular complexity index is 652. The van der Waals surface area contributed by atoms with Crippen molar-refractivity contribution in [2.45, 2.75) is 39.7 Å². The lowest BCUT2D eigenvalue weighted by molar-refractivity contribution is 0.121. The van der Waals surface area contributed by atoms with Crippen molar-refractivity contribution >= 4 is 29.9 Å². The molecule has 7 nitrogen and oxygen atoms in total. The number of halogens is 1. The SMILES string of the molecule is CCOc1ccc(C(C)NC(=NC)NCC2CCN(CCOC)CC2)cc1OCC.I. The number of rotatable bonds is 11. The van der Waals surface area contributed by atoms with Crippen LogP contribution in [0.25, 0.3) is 0 Å². The molecule has 1 saturated heterocycles. The molecule has 0 amide bonds. The summed E-state index contributed by atoms with van der Waals surface area (Å²) in [5, 5.41) is 7.00. The minimum atomic E-state index is 0. The van der Waals surface area contributed by atoms with Crippen LogP contribution in [0.4, 0.5) is 0 Å². The van der Waals surface area contributed by atoms with Crippen molar-refractivity contribution in [1.82, 2.24) is 15.5 Å². The van der Waals surface area contributed by atoms with E-state index in [0.29, 0.717) is 19.1 Å². The second-order valence-corrected chi connectivity index (χ2v) is 7.67. The molecule has 1 aliphatic heterocycles. The molecule has 0 saturated carbocycles. The molecule has 0 spiro atoms. The Hall–Kier alpha value is -1.26. The van der Waals surface area contributed by atoms with Gasteiger partial charge in [-0.05, 0) is 70.3 Å². The summed E-state index contributed by atoms with van der Waals surface area (Å²) in [5.74, 6) is 3.08. The number of ether oxygens (including phenoxy) is 3. The average Bonchev–Trinajstić information content (AvgIpc) is 2.77. The fourth-order valence-electron chi connectivity index (χ4n) is 3.70. The summed E-state index contributed by atoms with van der Waals surface area (Å²) in [6, 6.07) is 6.21. The Morgan fingerprint density at radius 2 is 1.84 bits per heavy atom. The van der Waals surface area contributed by atoms with Gasteiger partial charge in [0.1, 0.15) is 0 Å². The van der Waals surface area contributed by atoms with Crippen LogP contribution < -0.4 is 20.1 Å². The van der Waals surface area contributed by atoms with Crippen LogP contribution in [0.15, 0.2) is 23.2 Å². The monoisotopic (exact) mass is 548 g/mol. The maximum absolute atomic E-state index is 5.76. The van der Waals surface area contributed by atoms with Gasteiger partial charge in [0.15, 0.2) is 17.5 Å². The van der Waals surface area contributed by atoms with E-state index in [-0.39, 0.29) is 30.0 Å². The normalized spacial score (nSPS) is 16.4. The number of nitrogens with one attached hydrogen (secondary N) is 2. The van der Waals surface area contributed by atoms with Gasteiger partial charge in [-0.3, -0.25) is 4.99 Å². The van der Waals surface area contributed by atoms with Crippen LogP contribution >= 0.6 is 24.0 Å². The second-order valence-electron chi connectivity index (χ2n) is 7.67. The standard InChI is InChI=1S/C23H40N4O3.HI/c1-6-29-21-9-8-20(16-22(21)30-7-2)18(3)26-23(24-4)25-17-19-10-12-27(13-11-19)14-15-28-5;/h8-9,16,18-19H,6-7,10-15,17H2,1-5H3,(H2,24,25,26);1H. The number of aliphatic imine (C=N–C) groups is 1. The smallest absolute Gasteiger partial charge is 0.191 e. The molecule has 1 atom stereocenters. The van der Waals surface area contributed by atoms with Gasteiger partial charge in [-0.25, -0.2) is 0 Å². The Morgan fingerprint density at radius 1 is 1.16 bits per heavy atom. The van der Waals surface area contributed by atoms with E-state index in [1.54, 1.807) is 7.11 Å². The summed E-state index contributed by atoms with van der Waals surface area (Å²) in [4.78, 5) is 6.89. The number of piperidine rings is 1. The maximum Gasteiger partial charge on any atom is 0.191 e. The first kappa shape index (κ1) is 27.8. The molecule has 2 N–H and O–H groups in total. The molecular formula is C23H41IN4O3. The van der Waals surface area contributed by atoms with Gasteiger partial charge in [0.25, 0.3) is 0 Å². The zero-order chi connectivity index (χ0) is 21.8. The van der Waals surface area contributed by atoms with Gasteiger partial charge in [0, 0.05) is 27.2 Å². The first-order valence-electron chi connectivity index (χ1n) is 11.2. The predicted octanol–water partition coefficient (Wildman–Crippen LogP) is 3.69. The van der Waals surface area contributed by atoms with Crippen LogP contribution in [0.3, 0.4) is 0 Å². The fraction of sp³-hybridized carbons (Fsp3) is 0.696. The van der Waals surface area contributed by atoms with Gasteiger partial charge in [0.2, 0.25) is 0 Å². The molecule has 31 heavy (non-hydrogen) atoms. The van der Waals surface area contributed by atoms with E-state index >= 15 is 0 Å². The highest BCUT2D eigenvalue weighted by Crippen LogP contribution is 2.30. The van der Waals surface area contributed by atoms with Crippen LogP contribution in [-0.2, 0) is 4.74 Å². The van der Waals surface area contributed by atoms with Crippen molar-refractivity contribution in [3.8, 4) is 11.5 Å². The minimum absolute atomic E-state index is 0. The van der Waals surface area contributed by atoms with Crippen molar-refractivity contribution in [2.24, 2.45) is 10.9 Å². The number of benzene rings is 1. The zero-order valence-corrected chi connectivity index (χ0v) is 22.1. The highest BCUT2D eigenvalue weighted by atomic mass is 127. The van der Waals surface area contributed by atoms with Gasteiger partial charge in [-0.2, -0.15) is 0 Å². The summed E-state index contributed by atoms with van der Waals surface area (Å²) in [7, 11) is 3.58. The van der Waals surface area contributed by atoms with E-state index in [9.17, 15) is 0 Å². The van der Waals surface area contributed by atoms with Crippen LogP contribution in [-0.4, -0.2) is 71.0 Å². The molecule has 0 radical (unpaired) electrons. The molecule has 1 fully saturated rings. The van der Waals surface area contributed by atoms with Gasteiger partial charge >= 0.3 is 0 Å². The van der Waals surface area contributed by atoms with Crippen LogP contribution in [0.2, 0.25) is 0 Å². The minimum Gasteiger partial charge on any atom is -0.490 e. The molecule has 0 aromatic heterocycles. The lowest BCUT2D eigenvalue weighted by atomic mass is 9.97. The third-order valence-electron chi connectivity index (χ3n) is 5.52. The maximum atomic E-state index is 5.76. The van der Waals surface area contributed by atoms with E-state index < -0.39 is 0 Å². The van der Waals surface area contributed by atoms with Crippen molar-refractivity contribution in [3.63, 3.8) is 0 Å². The van der Waals surface area contributed by atoms with Gasteiger partial charge in [-0.1, -0.05) is 6.07 Å². The molecule has 1 aromatic rings. The molecule has 0 aliphatic carbocycles. The first-order valence-corrected chi connectivity index (χ1v) is 11.2. The largest absolute Gasteiger partial charge is 0.490 e. The molecule has 0 bridgehead atoms. The van der Waals surface area contributed by atoms with E-state index in [0.717, 1.165) is 55.8 Å². The van der Waals surface area contributed by atoms with Crippen molar-refractivity contribution in [2.75, 3.05) is 60.2 Å². The van der Waals surface area contributed by atoms with Crippen molar-refractivity contribution in [3.05, 3.63) is 23.8 Å².